The number of nitrogens with zero attached hydrogens (tertiary/aromatic N) is 1. The molecule has 2 aromatic rings. The van der Waals surface area contributed by atoms with Crippen LogP contribution in [0.5, 0.6) is 0 Å². The number of rotatable bonds is 4. The summed E-state index contributed by atoms with van der Waals surface area (Å²) in [5.41, 5.74) is 9.79. The molecule has 1 aromatic heterocycles. The maximum atomic E-state index is 10.8. The Morgan fingerprint density at radius 1 is 1.32 bits per heavy atom. The van der Waals surface area contributed by atoms with E-state index in [1.54, 1.807) is 0 Å². The number of para-hydroxylation sites is 1. The molecule has 0 saturated heterocycles. The Morgan fingerprint density at radius 2 is 1.95 bits per heavy atom. The number of carbonyl (C=O) groups is 1. The van der Waals surface area contributed by atoms with E-state index in [0.717, 1.165) is 22.6 Å². The second kappa shape index (κ2) is 5.28. The zero-order valence-corrected chi connectivity index (χ0v) is 11.1. The number of carboxylic acid groups (broad SMARTS) is 1. The summed E-state index contributed by atoms with van der Waals surface area (Å²) < 4.78 is 2.11. The van der Waals surface area contributed by atoms with Gasteiger partial charge in [0, 0.05) is 23.5 Å². The van der Waals surface area contributed by atoms with Crippen LogP contribution in [-0.2, 0) is 11.2 Å². The second-order valence-corrected chi connectivity index (χ2v) is 4.72. The number of nitrogens with two attached hydrogens (primary N) is 1. The third kappa shape index (κ3) is 2.69. The van der Waals surface area contributed by atoms with Crippen molar-refractivity contribution >= 4 is 5.97 Å². The molecule has 1 heterocycles. The molecule has 4 heteroatoms. The SMILES string of the molecule is Cc1cc(CC(N)C(=O)O)c(C)n1-c1ccccc1. The summed E-state index contributed by atoms with van der Waals surface area (Å²) in [6.07, 6.45) is 0.349. The highest BCUT2D eigenvalue weighted by molar-refractivity contribution is 5.73. The number of aliphatic carboxylic acids is 1. The fraction of sp³-hybridized carbons (Fsp3) is 0.267. The highest BCUT2D eigenvalue weighted by atomic mass is 16.4. The number of carboxylic acids is 1. The summed E-state index contributed by atoms with van der Waals surface area (Å²) in [7, 11) is 0. The lowest BCUT2D eigenvalue weighted by Crippen LogP contribution is -2.32. The van der Waals surface area contributed by atoms with Crippen LogP contribution < -0.4 is 5.73 Å². The molecular weight excluding hydrogens is 240 g/mol. The molecule has 19 heavy (non-hydrogen) atoms. The van der Waals surface area contributed by atoms with Crippen molar-refractivity contribution in [3.63, 3.8) is 0 Å². The van der Waals surface area contributed by atoms with Gasteiger partial charge >= 0.3 is 5.97 Å². The monoisotopic (exact) mass is 258 g/mol. The standard InChI is InChI=1S/C15H18N2O2/c1-10-8-12(9-14(16)15(18)19)11(2)17(10)13-6-4-3-5-7-13/h3-8,14H,9,16H2,1-2H3,(H,18,19). The molecule has 0 saturated carbocycles. The number of benzene rings is 1. The first-order valence-electron chi connectivity index (χ1n) is 6.22. The summed E-state index contributed by atoms with van der Waals surface area (Å²) in [6, 6.07) is 11.1. The molecule has 0 fully saturated rings. The minimum Gasteiger partial charge on any atom is -0.480 e. The molecule has 0 bridgehead atoms. The highest BCUT2D eigenvalue weighted by Crippen LogP contribution is 2.21. The Hall–Kier alpha value is -2.07. The number of hydrogen-bond acceptors (Lipinski definition) is 2. The third-order valence-corrected chi connectivity index (χ3v) is 3.31. The van der Waals surface area contributed by atoms with E-state index in [4.69, 9.17) is 10.8 Å². The minimum atomic E-state index is -0.968. The van der Waals surface area contributed by atoms with Gasteiger partial charge in [0.1, 0.15) is 6.04 Å². The minimum absolute atomic E-state index is 0.349. The molecule has 1 unspecified atom stereocenters. The molecule has 4 nitrogen and oxygen atoms in total. The van der Waals surface area contributed by atoms with Crippen molar-refractivity contribution in [2.75, 3.05) is 0 Å². The van der Waals surface area contributed by atoms with Gasteiger partial charge in [-0.3, -0.25) is 4.79 Å². The molecule has 0 aliphatic carbocycles. The largest absolute Gasteiger partial charge is 0.480 e. The normalized spacial score (nSPS) is 12.4. The van der Waals surface area contributed by atoms with Crippen LogP contribution in [0.25, 0.3) is 5.69 Å². The molecule has 1 aromatic carbocycles. The van der Waals surface area contributed by atoms with E-state index in [9.17, 15) is 4.79 Å². The second-order valence-electron chi connectivity index (χ2n) is 4.72. The van der Waals surface area contributed by atoms with Gasteiger partial charge in [0.25, 0.3) is 0 Å². The quantitative estimate of drug-likeness (QED) is 0.882. The van der Waals surface area contributed by atoms with Gasteiger partial charge in [0.05, 0.1) is 0 Å². The summed E-state index contributed by atoms with van der Waals surface area (Å²) in [6.45, 7) is 4.00. The van der Waals surface area contributed by atoms with Gasteiger partial charge in [-0.1, -0.05) is 18.2 Å². The average Bonchev–Trinajstić information content (AvgIpc) is 2.65. The Balaban J connectivity index is 2.38. The summed E-state index contributed by atoms with van der Waals surface area (Å²) in [5.74, 6) is -0.968. The van der Waals surface area contributed by atoms with Crippen molar-refractivity contribution < 1.29 is 9.90 Å². The topological polar surface area (TPSA) is 68.2 Å². The van der Waals surface area contributed by atoms with Crippen molar-refractivity contribution in [3.05, 3.63) is 53.3 Å². The lowest BCUT2D eigenvalue weighted by Gasteiger charge is -2.10. The van der Waals surface area contributed by atoms with Gasteiger partial charge < -0.3 is 15.4 Å². The summed E-state index contributed by atoms with van der Waals surface area (Å²) in [5, 5.41) is 8.90. The fourth-order valence-electron chi connectivity index (χ4n) is 2.33. The number of hydrogen-bond donors (Lipinski definition) is 2. The number of aromatic nitrogens is 1. The van der Waals surface area contributed by atoms with Crippen molar-refractivity contribution in [2.45, 2.75) is 26.3 Å². The molecule has 0 spiro atoms. The van der Waals surface area contributed by atoms with Gasteiger partial charge in [-0.15, -0.1) is 0 Å². The fourth-order valence-corrected chi connectivity index (χ4v) is 2.33. The third-order valence-electron chi connectivity index (χ3n) is 3.31. The predicted molar refractivity (Wildman–Crippen MR) is 74.6 cm³/mol. The maximum absolute atomic E-state index is 10.8. The smallest absolute Gasteiger partial charge is 0.320 e. The van der Waals surface area contributed by atoms with Crippen LogP contribution in [-0.4, -0.2) is 21.7 Å². The zero-order chi connectivity index (χ0) is 14.0. The van der Waals surface area contributed by atoms with Gasteiger partial charge in [0.15, 0.2) is 0 Å². The zero-order valence-electron chi connectivity index (χ0n) is 11.1. The Kier molecular flexibility index (Phi) is 3.71. The van der Waals surface area contributed by atoms with Gasteiger partial charge in [0.2, 0.25) is 0 Å². The Labute approximate surface area is 112 Å². The highest BCUT2D eigenvalue weighted by Gasteiger charge is 2.17. The van der Waals surface area contributed by atoms with Crippen molar-refractivity contribution in [1.29, 1.82) is 0 Å². The van der Waals surface area contributed by atoms with Crippen LogP contribution in [0.4, 0.5) is 0 Å². The molecule has 0 radical (unpaired) electrons. The van der Waals surface area contributed by atoms with E-state index < -0.39 is 12.0 Å². The van der Waals surface area contributed by atoms with Gasteiger partial charge in [-0.25, -0.2) is 0 Å². The molecule has 0 aliphatic rings. The lowest BCUT2D eigenvalue weighted by molar-refractivity contribution is -0.138. The van der Waals surface area contributed by atoms with Crippen LogP contribution in [0.15, 0.2) is 36.4 Å². The first-order chi connectivity index (χ1) is 9.00. The first-order valence-corrected chi connectivity index (χ1v) is 6.22. The van der Waals surface area contributed by atoms with E-state index in [1.165, 1.54) is 0 Å². The van der Waals surface area contributed by atoms with Gasteiger partial charge in [-0.2, -0.15) is 0 Å². The lowest BCUT2D eigenvalue weighted by atomic mass is 10.1. The van der Waals surface area contributed by atoms with Crippen LogP contribution in [0.1, 0.15) is 17.0 Å². The molecule has 3 N–H and O–H groups in total. The van der Waals surface area contributed by atoms with Crippen LogP contribution in [0.2, 0.25) is 0 Å². The molecular formula is C15H18N2O2. The Morgan fingerprint density at radius 3 is 2.53 bits per heavy atom. The molecule has 2 rings (SSSR count). The summed E-state index contributed by atoms with van der Waals surface area (Å²) >= 11 is 0. The molecule has 100 valence electrons. The van der Waals surface area contributed by atoms with Crippen molar-refractivity contribution in [3.8, 4) is 5.69 Å². The molecule has 0 aliphatic heterocycles. The van der Waals surface area contributed by atoms with E-state index in [1.807, 2.05) is 50.2 Å². The van der Waals surface area contributed by atoms with Crippen molar-refractivity contribution in [2.24, 2.45) is 5.73 Å². The predicted octanol–water partition coefficient (Wildman–Crippen LogP) is 2.05. The summed E-state index contributed by atoms with van der Waals surface area (Å²) in [4.78, 5) is 10.8. The van der Waals surface area contributed by atoms with E-state index >= 15 is 0 Å². The van der Waals surface area contributed by atoms with Crippen LogP contribution in [0, 0.1) is 13.8 Å². The maximum Gasteiger partial charge on any atom is 0.320 e. The molecule has 0 amide bonds. The van der Waals surface area contributed by atoms with Crippen LogP contribution in [0.3, 0.4) is 0 Å². The number of aryl methyl sites for hydroxylation is 1. The Bertz CT molecular complexity index is 588. The van der Waals surface area contributed by atoms with E-state index in [2.05, 4.69) is 4.57 Å². The molecule has 1 atom stereocenters. The first kappa shape index (κ1) is 13.4. The van der Waals surface area contributed by atoms with Crippen molar-refractivity contribution in [1.82, 2.24) is 4.57 Å². The van der Waals surface area contributed by atoms with Crippen LogP contribution >= 0.6 is 0 Å². The van der Waals surface area contributed by atoms with E-state index in [0.29, 0.717) is 6.42 Å². The average molecular weight is 258 g/mol. The van der Waals surface area contributed by atoms with E-state index in [-0.39, 0.29) is 0 Å². The van der Waals surface area contributed by atoms with Gasteiger partial charge in [-0.05, 0) is 37.6 Å².